The van der Waals surface area contributed by atoms with Crippen LogP contribution < -0.4 is 0 Å². The number of benzene rings is 2. The Kier molecular flexibility index (Phi) is 12.6. The Balaban J connectivity index is 0.000000789. The Bertz CT molecular complexity index is 514. The van der Waals surface area contributed by atoms with Gasteiger partial charge < -0.3 is 0 Å². The zero-order valence-corrected chi connectivity index (χ0v) is 13.8. The molecule has 0 saturated carbocycles. The van der Waals surface area contributed by atoms with Gasteiger partial charge in [0.1, 0.15) is 0 Å². The third-order valence-corrected chi connectivity index (χ3v) is 3.13. The van der Waals surface area contributed by atoms with Crippen LogP contribution in [0.3, 0.4) is 0 Å². The van der Waals surface area contributed by atoms with Gasteiger partial charge >= 0.3 is 0 Å². The fraction of sp³-hybridized carbons (Fsp3) is 0.250. The van der Waals surface area contributed by atoms with E-state index in [0.29, 0.717) is 0 Å². The highest BCUT2D eigenvalue weighted by Gasteiger charge is 1.97. The molecule has 22 heavy (non-hydrogen) atoms. The van der Waals surface area contributed by atoms with Gasteiger partial charge in [0, 0.05) is 0 Å². The second-order valence-electron chi connectivity index (χ2n) is 4.61. The summed E-state index contributed by atoms with van der Waals surface area (Å²) >= 11 is 4.32. The molecule has 0 aliphatic carbocycles. The summed E-state index contributed by atoms with van der Waals surface area (Å²) < 4.78 is 0. The number of hydrogen-bond acceptors (Lipinski definition) is 1. The van der Waals surface area contributed by atoms with Gasteiger partial charge in [0.05, 0.1) is 0 Å². The molecule has 116 valence electrons. The van der Waals surface area contributed by atoms with Crippen molar-refractivity contribution in [1.29, 1.82) is 0 Å². The minimum Gasteiger partial charge on any atom is -0.285 e. The van der Waals surface area contributed by atoms with E-state index in [1.807, 2.05) is 0 Å². The molecule has 0 N–H and O–H groups in total. The minimum atomic E-state index is 0.222. The van der Waals surface area contributed by atoms with Gasteiger partial charge in [-0.1, -0.05) is 74.4 Å². The summed E-state index contributed by atoms with van der Waals surface area (Å²) in [5, 5.41) is 0. The molecule has 0 unspecified atom stereocenters. The summed E-state index contributed by atoms with van der Waals surface area (Å²) in [5.74, 6) is 0.222. The molecule has 0 heterocycles. The number of rotatable bonds is 5. The van der Waals surface area contributed by atoms with Crippen molar-refractivity contribution in [3.8, 4) is 24.0 Å². The van der Waals surface area contributed by atoms with E-state index in [1.54, 1.807) is 0 Å². The maximum atomic E-state index is 8.57. The second-order valence-corrected chi connectivity index (χ2v) is 4.79. The van der Waals surface area contributed by atoms with Crippen molar-refractivity contribution < 1.29 is 4.79 Å². The van der Waals surface area contributed by atoms with E-state index in [-0.39, 0.29) is 5.75 Å². The Morgan fingerprint density at radius 3 is 1.91 bits per heavy atom. The van der Waals surface area contributed by atoms with E-state index in [4.69, 9.17) is 4.79 Å². The first-order valence-corrected chi connectivity index (χ1v) is 7.77. The SMILES string of the molecule is C#C.CCCCCc1ccc(-c2ccccc2)cc1.O=CCl. The molecule has 0 spiro atoms. The van der Waals surface area contributed by atoms with Crippen LogP contribution in [-0.2, 0) is 11.2 Å². The number of terminal acetylenes is 1. The fourth-order valence-electron chi connectivity index (χ4n) is 2.07. The Labute approximate surface area is 139 Å². The van der Waals surface area contributed by atoms with Gasteiger partial charge in [-0.2, -0.15) is 0 Å². The van der Waals surface area contributed by atoms with Gasteiger partial charge in [-0.25, -0.2) is 0 Å². The monoisotopic (exact) mass is 314 g/mol. The van der Waals surface area contributed by atoms with E-state index in [0.717, 1.165) is 0 Å². The topological polar surface area (TPSA) is 17.1 Å². The van der Waals surface area contributed by atoms with E-state index in [1.165, 1.54) is 42.4 Å². The molecule has 0 fully saturated rings. The maximum Gasteiger partial charge on any atom is 0.208 e. The molecule has 0 aliphatic heterocycles. The molecule has 0 saturated heterocycles. The molecule has 0 aliphatic rings. The van der Waals surface area contributed by atoms with Crippen molar-refractivity contribution in [2.24, 2.45) is 0 Å². The van der Waals surface area contributed by atoms with Crippen molar-refractivity contribution in [1.82, 2.24) is 0 Å². The van der Waals surface area contributed by atoms with Crippen LogP contribution in [0.25, 0.3) is 11.1 Å². The van der Waals surface area contributed by atoms with E-state index in [9.17, 15) is 0 Å². The highest BCUT2D eigenvalue weighted by molar-refractivity contribution is 6.54. The van der Waals surface area contributed by atoms with Crippen LogP contribution in [-0.4, -0.2) is 5.75 Å². The number of aryl methyl sites for hydroxylation is 1. The van der Waals surface area contributed by atoms with Gasteiger partial charge in [-0.3, -0.25) is 4.79 Å². The van der Waals surface area contributed by atoms with E-state index >= 15 is 0 Å². The van der Waals surface area contributed by atoms with E-state index in [2.05, 4.69) is 86.0 Å². The van der Waals surface area contributed by atoms with Crippen molar-refractivity contribution >= 4 is 17.3 Å². The lowest BCUT2D eigenvalue weighted by Gasteiger charge is -2.04. The first-order valence-electron chi connectivity index (χ1n) is 7.33. The molecule has 2 aromatic carbocycles. The quantitative estimate of drug-likeness (QED) is 0.297. The van der Waals surface area contributed by atoms with Crippen molar-refractivity contribution in [2.75, 3.05) is 0 Å². The molecule has 0 aromatic heterocycles. The molecule has 2 heteroatoms. The van der Waals surface area contributed by atoms with Crippen LogP contribution in [0, 0.1) is 12.8 Å². The zero-order chi connectivity index (χ0) is 16.6. The number of unbranched alkanes of at least 4 members (excludes halogenated alkanes) is 2. The zero-order valence-electron chi connectivity index (χ0n) is 13.0. The Morgan fingerprint density at radius 1 is 0.909 bits per heavy atom. The molecule has 0 radical (unpaired) electrons. The summed E-state index contributed by atoms with van der Waals surface area (Å²) in [5.41, 5.74) is 4.07. The van der Waals surface area contributed by atoms with Crippen molar-refractivity contribution in [2.45, 2.75) is 32.6 Å². The van der Waals surface area contributed by atoms with Crippen LogP contribution in [0.5, 0.6) is 0 Å². The molecule has 0 bridgehead atoms. The maximum absolute atomic E-state index is 8.57. The van der Waals surface area contributed by atoms with Crippen LogP contribution in [0.2, 0.25) is 0 Å². The van der Waals surface area contributed by atoms with Gasteiger partial charge in [-0.05, 0) is 41.1 Å². The first kappa shape index (κ1) is 20.0. The number of hydrogen-bond donors (Lipinski definition) is 0. The lowest BCUT2D eigenvalue weighted by Crippen LogP contribution is -1.85. The van der Waals surface area contributed by atoms with Gasteiger partial charge in [-0.15, -0.1) is 12.8 Å². The lowest BCUT2D eigenvalue weighted by molar-refractivity contribution is 0.569. The highest BCUT2D eigenvalue weighted by atomic mass is 35.5. The molecular weight excluding hydrogens is 292 g/mol. The lowest BCUT2D eigenvalue weighted by atomic mass is 10.0. The summed E-state index contributed by atoms with van der Waals surface area (Å²) in [6.45, 7) is 2.25. The van der Waals surface area contributed by atoms with Crippen molar-refractivity contribution in [3.05, 3.63) is 60.2 Å². The molecular formula is C20H23ClO. The molecule has 2 aromatic rings. The van der Waals surface area contributed by atoms with Gasteiger partial charge in [0.2, 0.25) is 5.75 Å². The van der Waals surface area contributed by atoms with Gasteiger partial charge in [0.15, 0.2) is 0 Å². The predicted molar refractivity (Wildman–Crippen MR) is 97.6 cm³/mol. The highest BCUT2D eigenvalue weighted by Crippen LogP contribution is 2.19. The van der Waals surface area contributed by atoms with Crippen LogP contribution in [0.1, 0.15) is 31.7 Å². The van der Waals surface area contributed by atoms with E-state index < -0.39 is 0 Å². The smallest absolute Gasteiger partial charge is 0.208 e. The third-order valence-electron chi connectivity index (χ3n) is 3.13. The average Bonchev–Trinajstić information content (AvgIpc) is 2.59. The van der Waals surface area contributed by atoms with Crippen LogP contribution >= 0.6 is 11.6 Å². The predicted octanol–water partition coefficient (Wildman–Crippen LogP) is 5.75. The second kappa shape index (κ2) is 13.9. The summed E-state index contributed by atoms with van der Waals surface area (Å²) in [6, 6.07) is 19.5. The largest absolute Gasteiger partial charge is 0.285 e. The third kappa shape index (κ3) is 8.29. The number of halogens is 1. The minimum absolute atomic E-state index is 0.222. The summed E-state index contributed by atoms with van der Waals surface area (Å²) in [4.78, 5) is 8.57. The number of carbonyl (C=O) groups excluding carboxylic acids is 1. The Morgan fingerprint density at radius 2 is 1.41 bits per heavy atom. The molecule has 1 nitrogen and oxygen atoms in total. The van der Waals surface area contributed by atoms with Crippen molar-refractivity contribution in [3.63, 3.8) is 0 Å². The number of carbonyl (C=O) groups is 1. The Hall–Kier alpha value is -2.04. The van der Waals surface area contributed by atoms with Gasteiger partial charge in [0.25, 0.3) is 0 Å². The fourth-order valence-corrected chi connectivity index (χ4v) is 2.07. The molecule has 0 atom stereocenters. The van der Waals surface area contributed by atoms with Crippen LogP contribution in [0.15, 0.2) is 54.6 Å². The first-order chi connectivity index (χ1) is 10.8. The summed E-state index contributed by atoms with van der Waals surface area (Å²) in [7, 11) is 0. The average molecular weight is 315 g/mol. The summed E-state index contributed by atoms with van der Waals surface area (Å²) in [6.07, 6.45) is 13.1. The molecule has 2 rings (SSSR count). The standard InChI is InChI=1S/C17H20.C2H2.CHClO/c1-2-3-5-8-15-11-13-17(14-12-15)16-9-6-4-7-10-16;1-2;2-1-3/h4,6-7,9-14H,2-3,5,8H2,1H3;1-2H;1H. The molecule has 0 amide bonds. The van der Waals surface area contributed by atoms with Crippen LogP contribution in [0.4, 0.5) is 0 Å². The normalized spacial score (nSPS) is 8.73.